The molecule has 0 aliphatic heterocycles. The normalized spacial score (nSPS) is 9.29. The Morgan fingerprint density at radius 1 is 1.21 bits per heavy atom. The van der Waals surface area contributed by atoms with Crippen LogP contribution in [0.15, 0.2) is 24.3 Å². The number of aryl methyl sites for hydroxylation is 1. The molecule has 0 atom stereocenters. The van der Waals surface area contributed by atoms with Gasteiger partial charge in [0, 0.05) is 0 Å². The average molecular weight is 194 g/mol. The largest absolute Gasteiger partial charge is 0.493 e. The smallest absolute Gasteiger partial charge is 0.119 e. The van der Waals surface area contributed by atoms with E-state index in [9.17, 15) is 0 Å². The third kappa shape index (κ3) is 5.63. The second kappa shape index (κ2) is 7.43. The van der Waals surface area contributed by atoms with Crippen LogP contribution in [-0.2, 0) is 0 Å². The lowest BCUT2D eigenvalue weighted by molar-refractivity contribution is 0.271. The van der Waals surface area contributed by atoms with Gasteiger partial charge in [0.2, 0.25) is 0 Å². The predicted octanol–water partition coefficient (Wildman–Crippen LogP) is 4.06. The summed E-state index contributed by atoms with van der Waals surface area (Å²) in [5.74, 6) is 1.56. The fraction of sp³-hybridized carbons (Fsp3) is 0.538. The summed E-state index contributed by atoms with van der Waals surface area (Å²) < 4.78 is 5.55. The van der Waals surface area contributed by atoms with Crippen molar-refractivity contribution in [3.8, 4) is 5.75 Å². The maximum absolute atomic E-state index is 5.55. The van der Waals surface area contributed by atoms with Gasteiger partial charge in [-0.15, -0.1) is 0 Å². The van der Waals surface area contributed by atoms with E-state index in [1.807, 2.05) is 26.0 Å². The Bertz CT molecular complexity index is 241. The molecule has 0 radical (unpaired) electrons. The Morgan fingerprint density at radius 2 is 1.86 bits per heavy atom. The van der Waals surface area contributed by atoms with E-state index in [1.165, 1.54) is 5.56 Å². The molecule has 0 aromatic heterocycles. The molecule has 1 nitrogen and oxygen atoms in total. The molecule has 80 valence electrons. The summed E-state index contributed by atoms with van der Waals surface area (Å²) in [5.41, 5.74) is 1.25. The van der Waals surface area contributed by atoms with Gasteiger partial charge < -0.3 is 4.74 Å². The van der Waals surface area contributed by atoms with Crippen LogP contribution in [0.4, 0.5) is 0 Å². The van der Waals surface area contributed by atoms with E-state index in [4.69, 9.17) is 4.74 Å². The van der Waals surface area contributed by atoms with Crippen LogP contribution in [0.3, 0.4) is 0 Å². The number of ether oxygens (including phenoxy) is 1. The monoisotopic (exact) mass is 194 g/mol. The SMILES string of the molecule is CC.Cc1cccc(OCC(C)C)c1. The van der Waals surface area contributed by atoms with Gasteiger partial charge in [0.25, 0.3) is 0 Å². The third-order valence-corrected chi connectivity index (χ3v) is 1.57. The zero-order valence-corrected chi connectivity index (χ0v) is 10.0. The lowest BCUT2D eigenvalue weighted by Crippen LogP contribution is -2.04. The number of hydrogen-bond donors (Lipinski definition) is 0. The summed E-state index contributed by atoms with van der Waals surface area (Å²) in [6, 6.07) is 8.14. The Kier molecular flexibility index (Phi) is 6.91. The predicted molar refractivity (Wildman–Crippen MR) is 62.9 cm³/mol. The van der Waals surface area contributed by atoms with Crippen LogP contribution in [0, 0.1) is 12.8 Å². The highest BCUT2D eigenvalue weighted by Gasteiger charge is 1.95. The maximum atomic E-state index is 5.55. The molecule has 0 heterocycles. The Labute approximate surface area is 88.1 Å². The summed E-state index contributed by atoms with van der Waals surface area (Å²) in [6.07, 6.45) is 0. The van der Waals surface area contributed by atoms with Crippen LogP contribution >= 0.6 is 0 Å². The molecule has 0 saturated heterocycles. The topological polar surface area (TPSA) is 9.23 Å². The molecule has 0 aliphatic rings. The van der Waals surface area contributed by atoms with Crippen molar-refractivity contribution < 1.29 is 4.74 Å². The van der Waals surface area contributed by atoms with Crippen LogP contribution < -0.4 is 4.74 Å². The fourth-order valence-corrected chi connectivity index (χ4v) is 0.968. The first-order chi connectivity index (χ1) is 6.68. The van der Waals surface area contributed by atoms with Gasteiger partial charge in [-0.1, -0.05) is 39.8 Å². The van der Waals surface area contributed by atoms with Crippen LogP contribution in [0.2, 0.25) is 0 Å². The summed E-state index contributed by atoms with van der Waals surface area (Å²) in [6.45, 7) is 11.2. The molecular weight excluding hydrogens is 172 g/mol. The van der Waals surface area contributed by atoms with Crippen molar-refractivity contribution >= 4 is 0 Å². The van der Waals surface area contributed by atoms with E-state index in [-0.39, 0.29) is 0 Å². The van der Waals surface area contributed by atoms with Crippen LogP contribution in [0.1, 0.15) is 33.3 Å². The van der Waals surface area contributed by atoms with Gasteiger partial charge >= 0.3 is 0 Å². The molecule has 0 aliphatic carbocycles. The summed E-state index contributed by atoms with van der Waals surface area (Å²) in [4.78, 5) is 0. The maximum Gasteiger partial charge on any atom is 0.119 e. The van der Waals surface area contributed by atoms with Crippen molar-refractivity contribution in [2.75, 3.05) is 6.61 Å². The average Bonchev–Trinajstić information content (AvgIpc) is 2.18. The molecule has 1 aromatic rings. The first kappa shape index (κ1) is 13.0. The molecule has 0 unspecified atom stereocenters. The minimum Gasteiger partial charge on any atom is -0.493 e. The van der Waals surface area contributed by atoms with Crippen molar-refractivity contribution in [2.24, 2.45) is 5.92 Å². The van der Waals surface area contributed by atoms with E-state index in [0.29, 0.717) is 5.92 Å². The van der Waals surface area contributed by atoms with E-state index in [0.717, 1.165) is 12.4 Å². The molecule has 1 rings (SSSR count). The quantitative estimate of drug-likeness (QED) is 0.705. The number of rotatable bonds is 3. The first-order valence-electron chi connectivity index (χ1n) is 5.38. The van der Waals surface area contributed by atoms with Gasteiger partial charge in [0.15, 0.2) is 0 Å². The van der Waals surface area contributed by atoms with Crippen molar-refractivity contribution in [2.45, 2.75) is 34.6 Å². The highest BCUT2D eigenvalue weighted by atomic mass is 16.5. The second-order valence-corrected chi connectivity index (χ2v) is 3.52. The van der Waals surface area contributed by atoms with Crippen LogP contribution in [-0.4, -0.2) is 6.61 Å². The van der Waals surface area contributed by atoms with Gasteiger partial charge in [-0.25, -0.2) is 0 Å². The Hall–Kier alpha value is -0.980. The molecule has 0 saturated carbocycles. The van der Waals surface area contributed by atoms with Crippen LogP contribution in [0.25, 0.3) is 0 Å². The van der Waals surface area contributed by atoms with Gasteiger partial charge in [-0.3, -0.25) is 0 Å². The van der Waals surface area contributed by atoms with Crippen molar-refractivity contribution in [1.82, 2.24) is 0 Å². The molecule has 0 N–H and O–H groups in total. The summed E-state index contributed by atoms with van der Waals surface area (Å²) in [5, 5.41) is 0. The highest BCUT2D eigenvalue weighted by Crippen LogP contribution is 2.12. The molecule has 0 amide bonds. The van der Waals surface area contributed by atoms with Gasteiger partial charge in [0.1, 0.15) is 5.75 Å². The molecule has 0 bridgehead atoms. The second-order valence-electron chi connectivity index (χ2n) is 3.52. The highest BCUT2D eigenvalue weighted by molar-refractivity contribution is 5.27. The zero-order valence-electron chi connectivity index (χ0n) is 10.0. The minimum atomic E-state index is 0.588. The van der Waals surface area contributed by atoms with E-state index in [2.05, 4.69) is 32.9 Å². The van der Waals surface area contributed by atoms with Crippen LogP contribution in [0.5, 0.6) is 5.75 Å². The Morgan fingerprint density at radius 3 is 2.36 bits per heavy atom. The van der Waals surface area contributed by atoms with Gasteiger partial charge in [0.05, 0.1) is 6.61 Å². The summed E-state index contributed by atoms with van der Waals surface area (Å²) in [7, 11) is 0. The van der Waals surface area contributed by atoms with Gasteiger partial charge in [-0.05, 0) is 30.5 Å². The van der Waals surface area contributed by atoms with Crippen molar-refractivity contribution in [3.05, 3.63) is 29.8 Å². The molecule has 0 spiro atoms. The van der Waals surface area contributed by atoms with Crippen molar-refractivity contribution in [3.63, 3.8) is 0 Å². The molecule has 1 heteroatoms. The lowest BCUT2D eigenvalue weighted by Gasteiger charge is -2.08. The zero-order chi connectivity index (χ0) is 11.0. The van der Waals surface area contributed by atoms with E-state index >= 15 is 0 Å². The standard InChI is InChI=1S/C11H16O.C2H6/c1-9(2)8-12-11-6-4-5-10(3)7-11;1-2/h4-7,9H,8H2,1-3H3;1-2H3. The lowest BCUT2D eigenvalue weighted by atomic mass is 10.2. The molecule has 0 fully saturated rings. The summed E-state index contributed by atoms with van der Waals surface area (Å²) >= 11 is 0. The molecule has 1 aromatic carbocycles. The Balaban J connectivity index is 0.000000791. The fourth-order valence-electron chi connectivity index (χ4n) is 0.968. The number of hydrogen-bond acceptors (Lipinski definition) is 1. The van der Waals surface area contributed by atoms with E-state index in [1.54, 1.807) is 0 Å². The van der Waals surface area contributed by atoms with Crippen molar-refractivity contribution in [1.29, 1.82) is 0 Å². The van der Waals surface area contributed by atoms with Gasteiger partial charge in [-0.2, -0.15) is 0 Å². The number of benzene rings is 1. The molecular formula is C13H22O. The third-order valence-electron chi connectivity index (χ3n) is 1.57. The van der Waals surface area contributed by atoms with E-state index < -0.39 is 0 Å². The molecule has 14 heavy (non-hydrogen) atoms. The first-order valence-corrected chi connectivity index (χ1v) is 5.38. The minimum absolute atomic E-state index is 0.588.